The first kappa shape index (κ1) is 20.6. The third kappa shape index (κ3) is 4.44. The molecule has 0 aliphatic carbocycles. The zero-order valence-electron chi connectivity index (χ0n) is 17.1. The summed E-state index contributed by atoms with van der Waals surface area (Å²) in [6, 6.07) is 17.4. The maximum atomic E-state index is 12.5. The number of nitrogens with zero attached hydrogens (tertiary/aromatic N) is 2. The number of fused-ring (bicyclic) bond motifs is 1. The Morgan fingerprint density at radius 1 is 1.06 bits per heavy atom. The van der Waals surface area contributed by atoms with E-state index in [1.807, 2.05) is 32.0 Å². The minimum atomic E-state index is -0.305. The fourth-order valence-corrected chi connectivity index (χ4v) is 3.43. The summed E-state index contributed by atoms with van der Waals surface area (Å²) in [5, 5.41) is 3.22. The summed E-state index contributed by atoms with van der Waals surface area (Å²) in [7, 11) is 0. The van der Waals surface area contributed by atoms with Gasteiger partial charge >= 0.3 is 0 Å². The molecule has 1 amide bonds. The number of carbonyl (C=O) groups excluding carboxylic acids is 1. The molecule has 156 valence electrons. The van der Waals surface area contributed by atoms with Crippen molar-refractivity contribution in [1.82, 2.24) is 9.38 Å². The molecule has 0 unspecified atom stereocenters. The lowest BCUT2D eigenvalue weighted by Crippen LogP contribution is -2.17. The number of ether oxygens (including phenoxy) is 1. The van der Waals surface area contributed by atoms with Gasteiger partial charge in [-0.05, 0) is 49.2 Å². The fourth-order valence-electron chi connectivity index (χ4n) is 3.21. The van der Waals surface area contributed by atoms with E-state index in [0.29, 0.717) is 33.4 Å². The van der Waals surface area contributed by atoms with Crippen LogP contribution in [-0.4, -0.2) is 15.3 Å². The van der Waals surface area contributed by atoms with Crippen molar-refractivity contribution >= 4 is 28.8 Å². The molecular formula is C24H20ClN3O3. The van der Waals surface area contributed by atoms with Crippen molar-refractivity contribution in [2.75, 3.05) is 5.32 Å². The van der Waals surface area contributed by atoms with Gasteiger partial charge in [0.05, 0.1) is 16.3 Å². The molecule has 4 aromatic rings. The number of carbonyl (C=O) groups is 1. The molecule has 0 bridgehead atoms. The molecule has 7 heteroatoms. The van der Waals surface area contributed by atoms with E-state index in [1.54, 1.807) is 42.6 Å². The molecule has 31 heavy (non-hydrogen) atoms. The molecule has 0 atom stereocenters. The third-order valence-corrected chi connectivity index (χ3v) is 5.21. The van der Waals surface area contributed by atoms with Crippen molar-refractivity contribution in [3.05, 3.63) is 105 Å². The topological polar surface area (TPSA) is 72.7 Å². The Kier molecular flexibility index (Phi) is 5.73. The zero-order valence-corrected chi connectivity index (χ0v) is 17.8. The maximum absolute atomic E-state index is 12.5. The smallest absolute Gasteiger partial charge is 0.258 e. The van der Waals surface area contributed by atoms with Gasteiger partial charge in [0.2, 0.25) is 0 Å². The number of pyridine rings is 1. The Hall–Kier alpha value is -3.64. The van der Waals surface area contributed by atoms with Gasteiger partial charge < -0.3 is 10.1 Å². The number of aryl methyl sites for hydroxylation is 2. The van der Waals surface area contributed by atoms with Crippen LogP contribution in [0.3, 0.4) is 0 Å². The van der Waals surface area contributed by atoms with Crippen LogP contribution < -0.4 is 15.6 Å². The number of rotatable bonds is 5. The van der Waals surface area contributed by atoms with Gasteiger partial charge in [-0.1, -0.05) is 35.9 Å². The van der Waals surface area contributed by atoms with E-state index in [-0.39, 0.29) is 18.1 Å². The van der Waals surface area contributed by atoms with E-state index in [4.69, 9.17) is 16.3 Å². The second-order valence-electron chi connectivity index (χ2n) is 7.17. The summed E-state index contributed by atoms with van der Waals surface area (Å²) in [5.74, 6) is 0.281. The van der Waals surface area contributed by atoms with Gasteiger partial charge in [0.25, 0.3) is 11.5 Å². The number of nitrogens with one attached hydrogen (secondary N) is 1. The first-order valence-electron chi connectivity index (χ1n) is 9.69. The minimum absolute atomic E-state index is 0.128. The number of hydrogen-bond donors (Lipinski definition) is 1. The fraction of sp³-hybridized carbons (Fsp3) is 0.125. The van der Waals surface area contributed by atoms with E-state index in [2.05, 4.69) is 10.3 Å². The van der Waals surface area contributed by atoms with Crippen molar-refractivity contribution < 1.29 is 9.53 Å². The van der Waals surface area contributed by atoms with Crippen molar-refractivity contribution in [2.45, 2.75) is 20.5 Å². The number of hydrogen-bond acceptors (Lipinski definition) is 4. The zero-order chi connectivity index (χ0) is 22.0. The Morgan fingerprint density at radius 3 is 2.68 bits per heavy atom. The summed E-state index contributed by atoms with van der Waals surface area (Å²) >= 11 is 6.10. The molecule has 1 N–H and O–H groups in total. The minimum Gasteiger partial charge on any atom is -0.487 e. The summed E-state index contributed by atoms with van der Waals surface area (Å²) in [6.45, 7) is 3.94. The molecule has 4 rings (SSSR count). The van der Waals surface area contributed by atoms with E-state index < -0.39 is 0 Å². The second-order valence-corrected chi connectivity index (χ2v) is 7.58. The standard InChI is InChI=1S/C24H20ClN3O3/c1-15-9-10-17(27-24(30)19-7-3-4-8-20(19)25)12-21(15)31-14-18-13-22(29)28-11-5-6-16(2)23(28)26-18/h3-13H,14H2,1-2H3,(H,27,30). The van der Waals surface area contributed by atoms with Crippen LogP contribution in [0.2, 0.25) is 5.02 Å². The van der Waals surface area contributed by atoms with Gasteiger partial charge in [-0.2, -0.15) is 0 Å². The summed E-state index contributed by atoms with van der Waals surface area (Å²) < 4.78 is 7.44. The van der Waals surface area contributed by atoms with Crippen molar-refractivity contribution in [3.8, 4) is 5.75 Å². The second kappa shape index (κ2) is 8.62. The SMILES string of the molecule is Cc1ccc(NC(=O)c2ccccc2Cl)cc1OCc1cc(=O)n2cccc(C)c2n1. The van der Waals surface area contributed by atoms with Crippen LogP contribution in [0.1, 0.15) is 27.2 Å². The van der Waals surface area contributed by atoms with Crippen LogP contribution in [0.5, 0.6) is 5.75 Å². The maximum Gasteiger partial charge on any atom is 0.258 e. The molecular weight excluding hydrogens is 414 g/mol. The van der Waals surface area contributed by atoms with Crippen LogP contribution >= 0.6 is 11.6 Å². The van der Waals surface area contributed by atoms with E-state index >= 15 is 0 Å². The molecule has 0 aliphatic rings. The van der Waals surface area contributed by atoms with Crippen LogP contribution in [0.25, 0.3) is 5.65 Å². The van der Waals surface area contributed by atoms with E-state index in [9.17, 15) is 9.59 Å². The van der Waals surface area contributed by atoms with Crippen LogP contribution in [0.4, 0.5) is 5.69 Å². The number of anilines is 1. The van der Waals surface area contributed by atoms with E-state index in [0.717, 1.165) is 11.1 Å². The Bertz CT molecular complexity index is 1350. The first-order valence-corrected chi connectivity index (χ1v) is 10.1. The molecule has 0 spiro atoms. The quantitative estimate of drug-likeness (QED) is 0.491. The molecule has 0 fully saturated rings. The highest BCUT2D eigenvalue weighted by Gasteiger charge is 2.12. The number of aromatic nitrogens is 2. The largest absolute Gasteiger partial charge is 0.487 e. The van der Waals surface area contributed by atoms with Gasteiger partial charge in [-0.25, -0.2) is 4.98 Å². The molecule has 2 heterocycles. The van der Waals surface area contributed by atoms with Crippen molar-refractivity contribution in [1.29, 1.82) is 0 Å². The first-order chi connectivity index (χ1) is 14.9. The molecule has 0 saturated carbocycles. The molecule has 0 saturated heterocycles. The van der Waals surface area contributed by atoms with Crippen LogP contribution in [-0.2, 0) is 6.61 Å². The highest BCUT2D eigenvalue weighted by atomic mass is 35.5. The third-order valence-electron chi connectivity index (χ3n) is 4.88. The highest BCUT2D eigenvalue weighted by Crippen LogP contribution is 2.25. The molecule has 2 aromatic heterocycles. The van der Waals surface area contributed by atoms with Crippen LogP contribution in [0, 0.1) is 13.8 Å². The average molecular weight is 434 g/mol. The van der Waals surface area contributed by atoms with Crippen molar-refractivity contribution in [3.63, 3.8) is 0 Å². The highest BCUT2D eigenvalue weighted by molar-refractivity contribution is 6.34. The van der Waals surface area contributed by atoms with Crippen LogP contribution in [0.15, 0.2) is 71.7 Å². The molecule has 0 aliphatic heterocycles. The van der Waals surface area contributed by atoms with Gasteiger partial charge in [0.1, 0.15) is 18.0 Å². The monoisotopic (exact) mass is 433 g/mol. The normalized spacial score (nSPS) is 10.8. The molecule has 0 radical (unpaired) electrons. The summed E-state index contributed by atoms with van der Waals surface area (Å²) in [5.41, 5.74) is 3.74. The Balaban J connectivity index is 1.54. The Labute approximate surface area is 184 Å². The van der Waals surface area contributed by atoms with Gasteiger partial charge in [0.15, 0.2) is 0 Å². The predicted octanol–water partition coefficient (Wildman–Crippen LogP) is 4.80. The predicted molar refractivity (Wildman–Crippen MR) is 121 cm³/mol. The lowest BCUT2D eigenvalue weighted by molar-refractivity contribution is 0.102. The Morgan fingerprint density at radius 2 is 1.87 bits per heavy atom. The van der Waals surface area contributed by atoms with Gasteiger partial charge in [-0.15, -0.1) is 0 Å². The summed E-state index contributed by atoms with van der Waals surface area (Å²) in [6.07, 6.45) is 1.69. The van der Waals surface area contributed by atoms with Gasteiger partial charge in [-0.3, -0.25) is 14.0 Å². The summed E-state index contributed by atoms with van der Waals surface area (Å²) in [4.78, 5) is 29.5. The van der Waals surface area contributed by atoms with E-state index in [1.165, 1.54) is 10.5 Å². The number of halogens is 1. The average Bonchev–Trinajstić information content (AvgIpc) is 2.75. The molecule has 6 nitrogen and oxygen atoms in total. The lowest BCUT2D eigenvalue weighted by Gasteiger charge is -2.13. The molecule has 2 aromatic carbocycles. The number of amides is 1. The van der Waals surface area contributed by atoms with Crippen molar-refractivity contribution in [2.24, 2.45) is 0 Å². The van der Waals surface area contributed by atoms with Gasteiger partial charge in [0, 0.05) is 24.0 Å². The number of benzene rings is 2. The lowest BCUT2D eigenvalue weighted by atomic mass is 10.1.